The maximum absolute atomic E-state index is 13.5. The summed E-state index contributed by atoms with van der Waals surface area (Å²) in [5.74, 6) is -3.21. The fourth-order valence-corrected chi connectivity index (χ4v) is 9.58. The average molecular weight is 591 g/mol. The van der Waals surface area contributed by atoms with Gasteiger partial charge in [-0.1, -0.05) is 20.8 Å². The first-order chi connectivity index (χ1) is 19.5. The first-order valence-corrected chi connectivity index (χ1v) is 14.5. The maximum Gasteiger partial charge on any atom is 0.339 e. The van der Waals surface area contributed by atoms with Crippen molar-refractivity contribution in [1.82, 2.24) is 0 Å². The van der Waals surface area contributed by atoms with Crippen molar-refractivity contribution in [1.29, 1.82) is 0 Å². The van der Waals surface area contributed by atoms with E-state index in [-0.39, 0.29) is 12.8 Å². The molecule has 5 rings (SSSR count). The van der Waals surface area contributed by atoms with E-state index in [1.54, 1.807) is 26.2 Å². The quantitative estimate of drug-likeness (QED) is 0.281. The monoisotopic (exact) mass is 590 g/mol. The fourth-order valence-electron chi connectivity index (χ4n) is 9.58. The van der Waals surface area contributed by atoms with Crippen LogP contribution >= 0.6 is 0 Å². The number of hydrogen-bond acceptors (Lipinski definition) is 11. The van der Waals surface area contributed by atoms with Crippen LogP contribution in [0.3, 0.4) is 0 Å². The lowest BCUT2D eigenvalue weighted by Gasteiger charge is -2.69. The third kappa shape index (κ3) is 4.06. The van der Waals surface area contributed by atoms with E-state index in [2.05, 4.69) is 0 Å². The Morgan fingerprint density at radius 3 is 2.38 bits per heavy atom. The second-order valence-electron chi connectivity index (χ2n) is 13.7. The number of cyclic esters (lactones) is 1. The number of ether oxygens (including phenoxy) is 5. The summed E-state index contributed by atoms with van der Waals surface area (Å²) in [6.07, 6.45) is 0.693. The van der Waals surface area contributed by atoms with Gasteiger partial charge >= 0.3 is 23.9 Å². The second-order valence-corrected chi connectivity index (χ2v) is 13.7. The van der Waals surface area contributed by atoms with Crippen molar-refractivity contribution in [2.75, 3.05) is 7.11 Å². The van der Waals surface area contributed by atoms with Crippen molar-refractivity contribution in [2.45, 2.75) is 110 Å². The van der Waals surface area contributed by atoms with Crippen LogP contribution in [-0.4, -0.2) is 65.6 Å². The molecule has 0 unspecified atom stereocenters. The van der Waals surface area contributed by atoms with Gasteiger partial charge in [0, 0.05) is 35.7 Å². The minimum atomic E-state index is -1.34. The predicted molar refractivity (Wildman–Crippen MR) is 144 cm³/mol. The van der Waals surface area contributed by atoms with Gasteiger partial charge < -0.3 is 33.2 Å². The van der Waals surface area contributed by atoms with Crippen molar-refractivity contribution in [2.24, 2.45) is 28.1 Å². The van der Waals surface area contributed by atoms with Gasteiger partial charge in [-0.2, -0.15) is 0 Å². The molecule has 11 heteroatoms. The number of carbonyl (C=O) groups is 4. The number of fused-ring (bicyclic) bond motifs is 1. The molecule has 2 aliphatic heterocycles. The summed E-state index contributed by atoms with van der Waals surface area (Å²) in [4.78, 5) is 51.3. The molecule has 11 nitrogen and oxygen atoms in total. The summed E-state index contributed by atoms with van der Waals surface area (Å²) < 4.78 is 34.9. The molecule has 0 amide bonds. The Labute approximate surface area is 245 Å². The topological polar surface area (TPSA) is 151 Å². The van der Waals surface area contributed by atoms with E-state index in [1.807, 2.05) is 20.8 Å². The van der Waals surface area contributed by atoms with Gasteiger partial charge in [0.15, 0.2) is 6.10 Å². The van der Waals surface area contributed by atoms with Gasteiger partial charge in [-0.15, -0.1) is 0 Å². The van der Waals surface area contributed by atoms with Crippen LogP contribution in [-0.2, 0) is 42.9 Å². The molecule has 10 atom stereocenters. The zero-order valence-corrected chi connectivity index (χ0v) is 25.6. The highest BCUT2D eigenvalue weighted by Crippen LogP contribution is 2.79. The molecule has 4 aliphatic rings. The molecule has 0 bridgehead atoms. The molecular formula is C31H42O11. The maximum atomic E-state index is 13.5. The van der Waals surface area contributed by atoms with Gasteiger partial charge in [0.2, 0.25) is 0 Å². The highest BCUT2D eigenvalue weighted by Gasteiger charge is 2.88. The van der Waals surface area contributed by atoms with Crippen LogP contribution in [0.1, 0.15) is 85.8 Å². The number of hydrogen-bond donors (Lipinski definition) is 1. The Bertz CT molecular complexity index is 1270. The normalized spacial score (nSPS) is 41.3. The van der Waals surface area contributed by atoms with Gasteiger partial charge in [-0.25, -0.2) is 4.79 Å². The van der Waals surface area contributed by atoms with Crippen molar-refractivity contribution in [3.63, 3.8) is 0 Å². The molecular weight excluding hydrogens is 548 g/mol. The Morgan fingerprint density at radius 1 is 1.14 bits per heavy atom. The summed E-state index contributed by atoms with van der Waals surface area (Å²) >= 11 is 0. The molecule has 1 aromatic heterocycles. The van der Waals surface area contributed by atoms with Crippen LogP contribution in [0.5, 0.6) is 0 Å². The molecule has 42 heavy (non-hydrogen) atoms. The van der Waals surface area contributed by atoms with Gasteiger partial charge in [0.1, 0.15) is 23.9 Å². The number of methoxy groups -OCH3 is 1. The molecule has 2 saturated carbocycles. The second kappa shape index (κ2) is 9.80. The summed E-state index contributed by atoms with van der Waals surface area (Å²) in [6.45, 7) is 11.9. The average Bonchev–Trinajstić information content (AvgIpc) is 3.46. The molecule has 1 spiro atoms. The van der Waals surface area contributed by atoms with Crippen molar-refractivity contribution in [3.05, 3.63) is 24.2 Å². The minimum absolute atomic E-state index is 0.171. The third-order valence-corrected chi connectivity index (χ3v) is 11.2. The van der Waals surface area contributed by atoms with Crippen LogP contribution in [0.4, 0.5) is 0 Å². The minimum Gasteiger partial charge on any atom is -0.472 e. The molecule has 3 heterocycles. The lowest BCUT2D eigenvalue weighted by Crippen LogP contribution is -2.74. The van der Waals surface area contributed by atoms with E-state index in [0.717, 1.165) is 0 Å². The molecule has 2 aliphatic carbocycles. The Morgan fingerprint density at radius 2 is 1.83 bits per heavy atom. The fraction of sp³-hybridized carbons (Fsp3) is 0.742. The van der Waals surface area contributed by atoms with Gasteiger partial charge in [0.25, 0.3) is 0 Å². The summed E-state index contributed by atoms with van der Waals surface area (Å²) in [5.41, 5.74) is -4.58. The Balaban J connectivity index is 1.74. The zero-order chi connectivity index (χ0) is 31.0. The number of epoxide rings is 1. The van der Waals surface area contributed by atoms with E-state index in [4.69, 9.17) is 28.1 Å². The van der Waals surface area contributed by atoms with Crippen molar-refractivity contribution >= 4 is 23.9 Å². The van der Waals surface area contributed by atoms with Crippen LogP contribution < -0.4 is 0 Å². The molecule has 0 aromatic carbocycles. The first-order valence-electron chi connectivity index (χ1n) is 14.5. The van der Waals surface area contributed by atoms with E-state index < -0.39 is 87.6 Å². The molecule has 0 radical (unpaired) electrons. The number of rotatable bonds is 7. The van der Waals surface area contributed by atoms with Crippen LogP contribution in [0.15, 0.2) is 23.0 Å². The molecule has 4 fully saturated rings. The highest BCUT2D eigenvalue weighted by atomic mass is 16.7. The van der Waals surface area contributed by atoms with E-state index in [0.29, 0.717) is 18.4 Å². The zero-order valence-electron chi connectivity index (χ0n) is 25.6. The summed E-state index contributed by atoms with van der Waals surface area (Å²) in [5, 5.41) is 11.6. The molecule has 232 valence electrons. The summed E-state index contributed by atoms with van der Waals surface area (Å²) in [7, 11) is 1.27. The van der Waals surface area contributed by atoms with Crippen LogP contribution in [0.2, 0.25) is 0 Å². The first kappa shape index (κ1) is 30.5. The number of furan rings is 1. The van der Waals surface area contributed by atoms with Crippen molar-refractivity contribution in [3.8, 4) is 0 Å². The molecule has 1 N–H and O–H groups in total. The molecule has 1 aromatic rings. The standard InChI is InChI=1S/C31H42O11/c1-16(32)39-21(14-23(34)37-8)29(6)19-9-11-28(5)24(18-10-12-38-15-18)41-26(35)25-31(28,42-25)30(19,7)22(40-17(2)33)13-20(29)27(3,4)36/h10,12,15,19-22,24-25,36H,9,11,13-14H2,1-8H3/t19-,20+,21+,22-,24+,25-,28+,29-,30+,31-/m1/s1. The third-order valence-electron chi connectivity index (χ3n) is 11.2. The highest BCUT2D eigenvalue weighted by molar-refractivity contribution is 5.82. The number of aliphatic hydroxyl groups is 1. The molecule has 2 saturated heterocycles. The smallest absolute Gasteiger partial charge is 0.339 e. The van der Waals surface area contributed by atoms with E-state index >= 15 is 0 Å². The van der Waals surface area contributed by atoms with Crippen molar-refractivity contribution < 1.29 is 52.4 Å². The number of esters is 4. The predicted octanol–water partition coefficient (Wildman–Crippen LogP) is 3.66. The summed E-state index contributed by atoms with van der Waals surface area (Å²) in [6, 6.07) is 1.76. The Hall–Kier alpha value is -2.92. The largest absolute Gasteiger partial charge is 0.472 e. The lowest BCUT2D eigenvalue weighted by atomic mass is 9.36. The van der Waals surface area contributed by atoms with E-state index in [1.165, 1.54) is 27.2 Å². The van der Waals surface area contributed by atoms with E-state index in [9.17, 15) is 24.3 Å². The SMILES string of the molecule is COC(=O)C[C@H](OC(C)=O)[C@]1(C)[C@H]2CC[C@@]3(C)[C@H](c4ccoc4)OC(=O)[C@H]4O[C@]43[C@]2(C)[C@H](OC(C)=O)C[C@H]1C(C)(C)O. The Kier molecular flexibility index (Phi) is 7.13. The lowest BCUT2D eigenvalue weighted by molar-refractivity contribution is -0.282. The number of carbonyl (C=O) groups excluding carboxylic acids is 4. The van der Waals surface area contributed by atoms with Gasteiger partial charge in [-0.3, -0.25) is 14.4 Å². The van der Waals surface area contributed by atoms with Gasteiger partial charge in [-0.05, 0) is 51.0 Å². The van der Waals surface area contributed by atoms with Gasteiger partial charge in [0.05, 0.1) is 31.7 Å². The van der Waals surface area contributed by atoms with Crippen LogP contribution in [0.25, 0.3) is 0 Å². The van der Waals surface area contributed by atoms with Crippen LogP contribution in [0, 0.1) is 28.1 Å².